The molecule has 10 heteroatoms. The van der Waals surface area contributed by atoms with Gasteiger partial charge in [-0.1, -0.05) is 23.7 Å². The number of carbonyl (C=O) groups is 3. The van der Waals surface area contributed by atoms with Crippen LogP contribution in [0.3, 0.4) is 0 Å². The molecule has 0 saturated carbocycles. The summed E-state index contributed by atoms with van der Waals surface area (Å²) in [5.74, 6) is -1.66. The minimum absolute atomic E-state index is 0.00898. The first-order valence-electron chi connectivity index (χ1n) is 10.1. The molecular formula is C22H22ClN3O6. The lowest BCUT2D eigenvalue weighted by atomic mass is 10.0. The van der Waals surface area contributed by atoms with Crippen LogP contribution >= 0.6 is 11.6 Å². The Morgan fingerprint density at radius 3 is 2.62 bits per heavy atom. The van der Waals surface area contributed by atoms with Crippen molar-refractivity contribution in [2.45, 2.75) is 32.2 Å². The number of nitro groups is 1. The highest BCUT2D eigenvalue weighted by Crippen LogP contribution is 2.25. The normalized spacial score (nSPS) is 15.7. The molecule has 2 amide bonds. The lowest BCUT2D eigenvalue weighted by Crippen LogP contribution is -2.44. The van der Waals surface area contributed by atoms with E-state index >= 15 is 0 Å². The Morgan fingerprint density at radius 1 is 1.19 bits per heavy atom. The molecule has 3 rings (SSSR count). The number of hydrogen-bond donors (Lipinski definition) is 1. The SMILES string of the molecule is C[C@@H]1CCCCN1C(=O)COC(=O)c1ccccc1NC(=O)c1ccc([N+](=O)[O-])cc1Cl. The van der Waals surface area contributed by atoms with Crippen LogP contribution in [0.5, 0.6) is 0 Å². The van der Waals surface area contributed by atoms with E-state index in [2.05, 4.69) is 5.32 Å². The third-order valence-corrected chi connectivity index (χ3v) is 5.57. The van der Waals surface area contributed by atoms with Gasteiger partial charge in [-0.25, -0.2) is 4.79 Å². The Hall–Kier alpha value is -3.46. The van der Waals surface area contributed by atoms with Gasteiger partial charge in [0.25, 0.3) is 17.5 Å². The van der Waals surface area contributed by atoms with Crippen molar-refractivity contribution in [3.63, 3.8) is 0 Å². The molecule has 0 aliphatic carbocycles. The molecule has 0 spiro atoms. The third-order valence-electron chi connectivity index (χ3n) is 5.25. The molecule has 1 heterocycles. The summed E-state index contributed by atoms with van der Waals surface area (Å²) in [6, 6.07) is 9.75. The van der Waals surface area contributed by atoms with Gasteiger partial charge < -0.3 is 15.0 Å². The van der Waals surface area contributed by atoms with E-state index in [1.807, 2.05) is 6.92 Å². The van der Waals surface area contributed by atoms with Gasteiger partial charge in [0, 0.05) is 24.7 Å². The number of nitro benzene ring substituents is 1. The smallest absolute Gasteiger partial charge is 0.340 e. The van der Waals surface area contributed by atoms with Gasteiger partial charge >= 0.3 is 5.97 Å². The fourth-order valence-electron chi connectivity index (χ4n) is 3.52. The van der Waals surface area contributed by atoms with Gasteiger partial charge in [-0.3, -0.25) is 19.7 Å². The number of likely N-dealkylation sites (tertiary alicyclic amines) is 1. The number of hydrogen-bond acceptors (Lipinski definition) is 6. The Balaban J connectivity index is 1.68. The number of rotatable bonds is 6. The van der Waals surface area contributed by atoms with Crippen LogP contribution in [0.4, 0.5) is 11.4 Å². The zero-order valence-corrected chi connectivity index (χ0v) is 18.1. The predicted molar refractivity (Wildman–Crippen MR) is 118 cm³/mol. The van der Waals surface area contributed by atoms with Crippen LogP contribution in [0.2, 0.25) is 5.02 Å². The first-order chi connectivity index (χ1) is 15.3. The first kappa shape index (κ1) is 23.2. The van der Waals surface area contributed by atoms with Crippen molar-refractivity contribution < 1.29 is 24.0 Å². The number of non-ortho nitro benzene ring substituents is 1. The Morgan fingerprint density at radius 2 is 1.94 bits per heavy atom. The number of benzene rings is 2. The quantitative estimate of drug-likeness (QED) is 0.395. The van der Waals surface area contributed by atoms with E-state index in [9.17, 15) is 24.5 Å². The molecule has 1 saturated heterocycles. The Bertz CT molecular complexity index is 1060. The molecule has 1 atom stereocenters. The summed E-state index contributed by atoms with van der Waals surface area (Å²) < 4.78 is 5.20. The maximum absolute atomic E-state index is 12.6. The highest BCUT2D eigenvalue weighted by Gasteiger charge is 2.25. The topological polar surface area (TPSA) is 119 Å². The first-order valence-corrected chi connectivity index (χ1v) is 10.5. The molecule has 168 valence electrons. The molecule has 9 nitrogen and oxygen atoms in total. The Labute approximate surface area is 189 Å². The number of anilines is 1. The summed E-state index contributed by atoms with van der Waals surface area (Å²) in [6.07, 6.45) is 2.90. The number of piperidine rings is 1. The molecule has 1 fully saturated rings. The predicted octanol–water partition coefficient (Wildman–Crippen LogP) is 4.06. The molecule has 0 radical (unpaired) electrons. The van der Waals surface area contributed by atoms with Gasteiger partial charge in [0.15, 0.2) is 6.61 Å². The van der Waals surface area contributed by atoms with Crippen molar-refractivity contribution in [3.8, 4) is 0 Å². The number of esters is 1. The third kappa shape index (κ3) is 5.42. The average molecular weight is 460 g/mol. The van der Waals surface area contributed by atoms with Crippen LogP contribution in [0.15, 0.2) is 42.5 Å². The number of nitrogens with zero attached hydrogens (tertiary/aromatic N) is 2. The van der Waals surface area contributed by atoms with Crippen LogP contribution in [-0.4, -0.2) is 46.8 Å². The largest absolute Gasteiger partial charge is 0.452 e. The zero-order valence-electron chi connectivity index (χ0n) is 17.4. The van der Waals surface area contributed by atoms with Crippen molar-refractivity contribution in [3.05, 3.63) is 68.7 Å². The lowest BCUT2D eigenvalue weighted by molar-refractivity contribution is -0.384. The summed E-state index contributed by atoms with van der Waals surface area (Å²) in [6.45, 7) is 2.22. The van der Waals surface area contributed by atoms with Crippen LogP contribution in [0, 0.1) is 10.1 Å². The standard InChI is InChI=1S/C22H22ClN3O6/c1-14-6-4-5-11-25(14)20(27)13-32-22(29)17-7-2-3-8-19(17)24-21(28)16-10-9-15(26(30)31)12-18(16)23/h2-3,7-10,12,14H,4-6,11,13H2,1H3,(H,24,28)/t14-/m1/s1. The van der Waals surface area contributed by atoms with Gasteiger partial charge in [-0.15, -0.1) is 0 Å². The average Bonchev–Trinajstić information content (AvgIpc) is 2.77. The number of carbonyl (C=O) groups excluding carboxylic acids is 3. The number of para-hydroxylation sites is 1. The molecular weight excluding hydrogens is 438 g/mol. The van der Waals surface area contributed by atoms with Crippen LogP contribution in [-0.2, 0) is 9.53 Å². The van der Waals surface area contributed by atoms with E-state index in [-0.39, 0.29) is 46.1 Å². The maximum Gasteiger partial charge on any atom is 0.340 e. The second kappa shape index (κ2) is 10.2. The minimum Gasteiger partial charge on any atom is -0.452 e. The molecule has 1 N–H and O–H groups in total. The summed E-state index contributed by atoms with van der Waals surface area (Å²) in [7, 11) is 0. The Kier molecular flexibility index (Phi) is 7.42. The number of ether oxygens (including phenoxy) is 1. The summed E-state index contributed by atoms with van der Waals surface area (Å²) in [5, 5.41) is 13.3. The van der Waals surface area contributed by atoms with Gasteiger partial charge in [0.1, 0.15) is 0 Å². The fourth-order valence-corrected chi connectivity index (χ4v) is 3.78. The number of halogens is 1. The van der Waals surface area contributed by atoms with Gasteiger partial charge in [0.05, 0.1) is 26.8 Å². The molecule has 0 unspecified atom stereocenters. The molecule has 0 bridgehead atoms. The second-order valence-electron chi connectivity index (χ2n) is 7.43. The highest BCUT2D eigenvalue weighted by atomic mass is 35.5. The zero-order chi connectivity index (χ0) is 23.3. The maximum atomic E-state index is 12.6. The lowest BCUT2D eigenvalue weighted by Gasteiger charge is -2.33. The highest BCUT2D eigenvalue weighted by molar-refractivity contribution is 6.34. The molecule has 2 aromatic carbocycles. The monoisotopic (exact) mass is 459 g/mol. The van der Waals surface area contributed by atoms with E-state index < -0.39 is 16.8 Å². The molecule has 2 aromatic rings. The van der Waals surface area contributed by atoms with Crippen molar-refractivity contribution in [1.82, 2.24) is 4.90 Å². The second-order valence-corrected chi connectivity index (χ2v) is 7.84. The molecule has 1 aliphatic rings. The fraction of sp³-hybridized carbons (Fsp3) is 0.318. The van der Waals surface area contributed by atoms with Gasteiger partial charge in [-0.05, 0) is 44.4 Å². The van der Waals surface area contributed by atoms with Crippen LogP contribution < -0.4 is 5.32 Å². The van der Waals surface area contributed by atoms with Crippen molar-refractivity contribution in [2.24, 2.45) is 0 Å². The molecule has 32 heavy (non-hydrogen) atoms. The van der Waals surface area contributed by atoms with E-state index in [1.54, 1.807) is 17.0 Å². The van der Waals surface area contributed by atoms with E-state index in [1.165, 1.54) is 18.2 Å². The van der Waals surface area contributed by atoms with Crippen molar-refractivity contribution >= 4 is 40.8 Å². The van der Waals surface area contributed by atoms with Gasteiger partial charge in [0.2, 0.25) is 0 Å². The summed E-state index contributed by atoms with van der Waals surface area (Å²) in [5.41, 5.74) is -0.00740. The van der Waals surface area contributed by atoms with E-state index in [0.29, 0.717) is 6.54 Å². The van der Waals surface area contributed by atoms with Gasteiger partial charge in [-0.2, -0.15) is 0 Å². The van der Waals surface area contributed by atoms with Crippen molar-refractivity contribution in [2.75, 3.05) is 18.5 Å². The molecule has 1 aliphatic heterocycles. The summed E-state index contributed by atoms with van der Waals surface area (Å²) >= 11 is 6.01. The van der Waals surface area contributed by atoms with Crippen LogP contribution in [0.1, 0.15) is 46.9 Å². The number of amides is 2. The van der Waals surface area contributed by atoms with Crippen molar-refractivity contribution in [1.29, 1.82) is 0 Å². The minimum atomic E-state index is -0.756. The summed E-state index contributed by atoms with van der Waals surface area (Å²) in [4.78, 5) is 49.6. The number of nitrogens with one attached hydrogen (secondary N) is 1. The van der Waals surface area contributed by atoms with Crippen LogP contribution in [0.25, 0.3) is 0 Å². The molecule has 0 aromatic heterocycles. The van der Waals surface area contributed by atoms with E-state index in [0.717, 1.165) is 31.4 Å². The van der Waals surface area contributed by atoms with E-state index in [4.69, 9.17) is 16.3 Å².